The number of carboxylic acid groups (broad SMARTS) is 1. The van der Waals surface area contributed by atoms with E-state index in [0.717, 1.165) is 0 Å². The fourth-order valence-corrected chi connectivity index (χ4v) is 2.13. The molecule has 0 saturated carbocycles. The van der Waals surface area contributed by atoms with Gasteiger partial charge in [0.25, 0.3) is 5.91 Å². The van der Waals surface area contributed by atoms with Crippen LogP contribution in [-0.2, 0) is 4.79 Å². The molecular formula is C11H15N3O4S. The minimum atomic E-state index is -0.902. The second-order valence-electron chi connectivity index (χ2n) is 3.80. The average Bonchev–Trinajstić information content (AvgIpc) is 2.33. The van der Waals surface area contributed by atoms with Gasteiger partial charge in [-0.05, 0) is 19.6 Å². The highest BCUT2D eigenvalue weighted by atomic mass is 32.2. The summed E-state index contributed by atoms with van der Waals surface area (Å²) in [5.41, 5.74) is 0.270. The van der Waals surface area contributed by atoms with Crippen molar-refractivity contribution in [3.8, 4) is 0 Å². The number of aromatic amines is 1. The fraction of sp³-hybridized carbons (Fsp3) is 0.455. The smallest absolute Gasteiger partial charge is 0.346 e. The normalized spacial score (nSPS) is 10.2. The molecule has 8 heteroatoms. The highest BCUT2D eigenvalue weighted by molar-refractivity contribution is 7.98. The van der Waals surface area contributed by atoms with E-state index in [-0.39, 0.29) is 18.9 Å². The lowest BCUT2D eigenvalue weighted by Crippen LogP contribution is -2.28. The number of hydrogen-bond donors (Lipinski definition) is 3. The van der Waals surface area contributed by atoms with Crippen molar-refractivity contribution in [2.24, 2.45) is 0 Å². The molecule has 3 N–H and O–H groups in total. The molecular weight excluding hydrogens is 270 g/mol. The maximum absolute atomic E-state index is 12.0. The topological polar surface area (TPSA) is 112 Å². The average molecular weight is 285 g/mol. The number of carbonyl (C=O) groups is 2. The molecule has 7 nitrogen and oxygen atoms in total. The molecule has 0 unspecified atom stereocenters. The highest BCUT2D eigenvalue weighted by Crippen LogP contribution is 2.17. The van der Waals surface area contributed by atoms with E-state index in [2.05, 4.69) is 15.3 Å². The van der Waals surface area contributed by atoms with Gasteiger partial charge in [-0.25, -0.2) is 4.79 Å². The summed E-state index contributed by atoms with van der Waals surface area (Å²) in [6.07, 6.45) is 2.08. The van der Waals surface area contributed by atoms with E-state index in [9.17, 15) is 14.4 Å². The number of nitrogens with one attached hydrogen (secondary N) is 2. The Bertz CT molecular complexity index is 541. The van der Waals surface area contributed by atoms with Gasteiger partial charge in [0.15, 0.2) is 0 Å². The van der Waals surface area contributed by atoms with Crippen LogP contribution in [-0.4, -0.2) is 39.8 Å². The van der Waals surface area contributed by atoms with E-state index >= 15 is 0 Å². The monoisotopic (exact) mass is 285 g/mol. The maximum Gasteiger partial charge on any atom is 0.346 e. The van der Waals surface area contributed by atoms with Crippen molar-refractivity contribution in [1.82, 2.24) is 15.3 Å². The second-order valence-corrected chi connectivity index (χ2v) is 4.60. The Kier molecular flexibility index (Phi) is 5.56. The number of aromatic nitrogens is 2. The van der Waals surface area contributed by atoms with Gasteiger partial charge >= 0.3 is 11.7 Å². The number of aliphatic carboxylic acids is 1. The zero-order valence-electron chi connectivity index (χ0n) is 10.6. The van der Waals surface area contributed by atoms with Gasteiger partial charge in [-0.1, -0.05) is 0 Å². The lowest BCUT2D eigenvalue weighted by Gasteiger charge is -2.09. The molecule has 1 aromatic heterocycles. The number of H-pyrrole nitrogens is 1. The Balaban J connectivity index is 2.76. The summed E-state index contributed by atoms with van der Waals surface area (Å²) in [5.74, 6) is -1.27. The van der Waals surface area contributed by atoms with Crippen molar-refractivity contribution < 1.29 is 14.7 Å². The van der Waals surface area contributed by atoms with Crippen molar-refractivity contribution in [3.63, 3.8) is 0 Å². The molecule has 0 bridgehead atoms. The summed E-state index contributed by atoms with van der Waals surface area (Å²) in [6, 6.07) is 0. The van der Waals surface area contributed by atoms with Crippen LogP contribution in [0.3, 0.4) is 0 Å². The number of nitrogens with zero attached hydrogens (tertiary/aromatic N) is 1. The number of carbonyl (C=O) groups excluding carboxylic acids is 1. The molecule has 0 fully saturated rings. The molecule has 0 aliphatic carbocycles. The summed E-state index contributed by atoms with van der Waals surface area (Å²) in [6.45, 7) is 1.88. The SMILES string of the molecule is CSc1nc(=O)[nH]c(C)c1C(=O)NCCCC(=O)O. The molecule has 1 heterocycles. The summed E-state index contributed by atoms with van der Waals surface area (Å²) in [4.78, 5) is 39.7. The Morgan fingerprint density at radius 3 is 2.74 bits per heavy atom. The standard InChI is InChI=1S/C11H15N3O4S/c1-6-8(10(19-2)14-11(18)13-6)9(17)12-5-3-4-7(15)16/h3-5H2,1-2H3,(H,12,17)(H,15,16)(H,13,14,18). The van der Waals surface area contributed by atoms with Crippen LogP contribution in [0.2, 0.25) is 0 Å². The third-order valence-electron chi connectivity index (χ3n) is 2.36. The van der Waals surface area contributed by atoms with Crippen LogP contribution in [0.1, 0.15) is 28.9 Å². The Hall–Kier alpha value is -1.83. The molecule has 19 heavy (non-hydrogen) atoms. The van der Waals surface area contributed by atoms with Crippen molar-refractivity contribution in [2.45, 2.75) is 24.8 Å². The number of thioether (sulfide) groups is 1. The van der Waals surface area contributed by atoms with E-state index in [1.165, 1.54) is 11.8 Å². The molecule has 0 radical (unpaired) electrons. The predicted molar refractivity (Wildman–Crippen MR) is 70.6 cm³/mol. The third kappa shape index (κ3) is 4.40. The minimum Gasteiger partial charge on any atom is -0.481 e. The number of rotatable bonds is 6. The van der Waals surface area contributed by atoms with Gasteiger partial charge in [-0.3, -0.25) is 9.59 Å². The van der Waals surface area contributed by atoms with Crippen LogP contribution in [0.4, 0.5) is 0 Å². The number of carboxylic acids is 1. The van der Waals surface area contributed by atoms with Gasteiger partial charge in [-0.2, -0.15) is 4.98 Å². The molecule has 1 amide bonds. The van der Waals surface area contributed by atoms with Gasteiger partial charge in [0.05, 0.1) is 5.56 Å². The first-order valence-electron chi connectivity index (χ1n) is 5.60. The van der Waals surface area contributed by atoms with Crippen molar-refractivity contribution >= 4 is 23.6 Å². The van der Waals surface area contributed by atoms with Crippen LogP contribution in [0.5, 0.6) is 0 Å². The van der Waals surface area contributed by atoms with Crippen LogP contribution in [0, 0.1) is 6.92 Å². The Morgan fingerprint density at radius 2 is 2.16 bits per heavy atom. The van der Waals surface area contributed by atoms with Gasteiger partial charge < -0.3 is 15.4 Å². The summed E-state index contributed by atoms with van der Waals surface area (Å²) < 4.78 is 0. The number of aryl methyl sites for hydroxylation is 1. The lowest BCUT2D eigenvalue weighted by atomic mass is 10.2. The fourth-order valence-electron chi connectivity index (χ4n) is 1.50. The van der Waals surface area contributed by atoms with Crippen LogP contribution in [0.15, 0.2) is 9.82 Å². The summed E-state index contributed by atoms with van der Waals surface area (Å²) in [7, 11) is 0. The molecule has 1 rings (SSSR count). The zero-order valence-corrected chi connectivity index (χ0v) is 11.5. The first kappa shape index (κ1) is 15.2. The van der Waals surface area contributed by atoms with Gasteiger partial charge in [0.2, 0.25) is 0 Å². The first-order chi connectivity index (χ1) is 8.95. The van der Waals surface area contributed by atoms with E-state index in [1.807, 2.05) is 0 Å². The van der Waals surface area contributed by atoms with Crippen molar-refractivity contribution in [3.05, 3.63) is 21.7 Å². The van der Waals surface area contributed by atoms with Crippen molar-refractivity contribution in [1.29, 1.82) is 0 Å². The lowest BCUT2D eigenvalue weighted by molar-refractivity contribution is -0.137. The molecule has 0 aliphatic heterocycles. The quantitative estimate of drug-likeness (QED) is 0.396. The Morgan fingerprint density at radius 1 is 1.47 bits per heavy atom. The predicted octanol–water partition coefficient (Wildman–Crippen LogP) is 0.395. The molecule has 0 saturated heterocycles. The molecule has 0 spiro atoms. The molecule has 0 aliphatic rings. The van der Waals surface area contributed by atoms with Gasteiger partial charge in [-0.15, -0.1) is 11.8 Å². The van der Waals surface area contributed by atoms with E-state index in [4.69, 9.17) is 5.11 Å². The Labute approximate surface area is 113 Å². The molecule has 1 aromatic rings. The third-order valence-corrected chi connectivity index (χ3v) is 3.04. The largest absolute Gasteiger partial charge is 0.481 e. The second kappa shape index (κ2) is 6.93. The maximum atomic E-state index is 12.0. The van der Waals surface area contributed by atoms with Gasteiger partial charge in [0, 0.05) is 18.7 Å². The summed E-state index contributed by atoms with van der Waals surface area (Å²) in [5, 5.41) is 11.5. The molecule has 104 valence electrons. The minimum absolute atomic E-state index is 0.00147. The van der Waals surface area contributed by atoms with Crippen LogP contribution in [0.25, 0.3) is 0 Å². The van der Waals surface area contributed by atoms with E-state index in [0.29, 0.717) is 22.7 Å². The van der Waals surface area contributed by atoms with Crippen molar-refractivity contribution in [2.75, 3.05) is 12.8 Å². The van der Waals surface area contributed by atoms with Gasteiger partial charge in [0.1, 0.15) is 5.03 Å². The van der Waals surface area contributed by atoms with Crippen LogP contribution >= 0.6 is 11.8 Å². The van der Waals surface area contributed by atoms with E-state index < -0.39 is 11.7 Å². The van der Waals surface area contributed by atoms with Crippen LogP contribution < -0.4 is 11.0 Å². The molecule has 0 atom stereocenters. The van der Waals surface area contributed by atoms with E-state index in [1.54, 1.807) is 13.2 Å². The molecule has 0 aromatic carbocycles. The zero-order chi connectivity index (χ0) is 14.4. The summed E-state index contributed by atoms with van der Waals surface area (Å²) >= 11 is 1.21. The highest BCUT2D eigenvalue weighted by Gasteiger charge is 2.16. The number of hydrogen-bond acceptors (Lipinski definition) is 5. The number of amides is 1. The first-order valence-corrected chi connectivity index (χ1v) is 6.83.